The third-order valence-electron chi connectivity index (χ3n) is 5.87. The topological polar surface area (TPSA) is 29.3 Å². The highest BCUT2D eigenvalue weighted by molar-refractivity contribution is 5.74. The summed E-state index contributed by atoms with van der Waals surface area (Å²) in [7, 11) is 0. The maximum Gasteiger partial charge on any atom is 0.0461 e. The van der Waals surface area contributed by atoms with Crippen LogP contribution in [-0.2, 0) is 5.41 Å². The lowest BCUT2D eigenvalue weighted by atomic mass is 9.87. The van der Waals surface area contributed by atoms with Gasteiger partial charge in [-0.05, 0) is 65.8 Å². The Morgan fingerprint density at radius 2 is 1.29 bits per heavy atom. The van der Waals surface area contributed by atoms with Crippen LogP contribution in [0.25, 0.3) is 11.1 Å². The third-order valence-corrected chi connectivity index (χ3v) is 5.87. The highest BCUT2D eigenvalue weighted by Crippen LogP contribution is 2.35. The molecule has 0 aromatic heterocycles. The fourth-order valence-electron chi connectivity index (χ4n) is 3.90. The van der Waals surface area contributed by atoms with E-state index in [-0.39, 0.29) is 11.5 Å². The summed E-state index contributed by atoms with van der Waals surface area (Å²) < 4.78 is 0. The predicted octanol–water partition coefficient (Wildman–Crippen LogP) is 7.27. The Balaban J connectivity index is 1.71. The van der Waals surface area contributed by atoms with Gasteiger partial charge in [0.25, 0.3) is 0 Å². The normalized spacial score (nSPS) is 16.2. The zero-order valence-corrected chi connectivity index (χ0v) is 19.0. The second kappa shape index (κ2) is 8.56. The number of nitrogens with two attached hydrogens (primary N) is 1. The van der Waals surface area contributed by atoms with Crippen LogP contribution in [0.5, 0.6) is 0 Å². The predicted molar refractivity (Wildman–Crippen MR) is 134 cm³/mol. The van der Waals surface area contributed by atoms with E-state index in [0.717, 1.165) is 23.5 Å². The molecular formula is C29H32N2. The van der Waals surface area contributed by atoms with Crippen LogP contribution in [-0.4, -0.2) is 6.04 Å². The summed E-state index contributed by atoms with van der Waals surface area (Å²) in [6.07, 6.45) is 7.31. The smallest absolute Gasteiger partial charge is 0.0461 e. The van der Waals surface area contributed by atoms with Gasteiger partial charge in [-0.2, -0.15) is 0 Å². The van der Waals surface area contributed by atoms with E-state index in [9.17, 15) is 0 Å². The SMILES string of the molecule is Cc1ccc(-c2ccc(N(C3=CCC(N)C=C3)c3ccc(C(C)(C)C)cc3)cc2)cc1. The third kappa shape index (κ3) is 4.81. The molecule has 1 aliphatic carbocycles. The van der Waals surface area contributed by atoms with E-state index in [0.29, 0.717) is 0 Å². The van der Waals surface area contributed by atoms with Gasteiger partial charge in [-0.1, -0.05) is 87.0 Å². The number of nitrogens with zero attached hydrogens (tertiary/aromatic N) is 1. The summed E-state index contributed by atoms with van der Waals surface area (Å²) in [6, 6.07) is 26.5. The van der Waals surface area contributed by atoms with Gasteiger partial charge >= 0.3 is 0 Å². The first-order valence-electron chi connectivity index (χ1n) is 11.0. The van der Waals surface area contributed by atoms with Crippen molar-refractivity contribution in [3.8, 4) is 11.1 Å². The Morgan fingerprint density at radius 1 is 0.774 bits per heavy atom. The molecular weight excluding hydrogens is 376 g/mol. The van der Waals surface area contributed by atoms with Crippen LogP contribution < -0.4 is 10.6 Å². The van der Waals surface area contributed by atoms with Crippen molar-refractivity contribution in [3.05, 3.63) is 108 Å². The van der Waals surface area contributed by atoms with E-state index in [2.05, 4.69) is 124 Å². The quantitative estimate of drug-likeness (QED) is 0.492. The lowest BCUT2D eigenvalue weighted by Gasteiger charge is -2.29. The number of rotatable bonds is 4. The number of aryl methyl sites for hydroxylation is 1. The summed E-state index contributed by atoms with van der Waals surface area (Å²) in [5, 5.41) is 0. The van der Waals surface area contributed by atoms with E-state index >= 15 is 0 Å². The van der Waals surface area contributed by atoms with Gasteiger partial charge in [-0.25, -0.2) is 0 Å². The van der Waals surface area contributed by atoms with Crippen LogP contribution in [0.3, 0.4) is 0 Å². The standard InChI is InChI=1S/C29H32N2/c1-21-5-7-22(8-6-21)23-9-15-26(16-10-23)31(28-19-13-25(30)14-20-28)27-17-11-24(12-18-27)29(2,3)4/h5-13,15-20,25H,14,30H2,1-4H3. The highest BCUT2D eigenvalue weighted by Gasteiger charge is 2.18. The first kappa shape index (κ1) is 21.1. The number of hydrogen-bond acceptors (Lipinski definition) is 2. The molecule has 0 heterocycles. The molecule has 31 heavy (non-hydrogen) atoms. The summed E-state index contributed by atoms with van der Waals surface area (Å²) in [5.74, 6) is 0. The molecule has 1 atom stereocenters. The van der Waals surface area contributed by atoms with Gasteiger partial charge in [0.15, 0.2) is 0 Å². The van der Waals surface area contributed by atoms with Gasteiger partial charge in [0.2, 0.25) is 0 Å². The van der Waals surface area contributed by atoms with Crippen molar-refractivity contribution in [2.24, 2.45) is 5.73 Å². The Labute approximate surface area is 186 Å². The lowest BCUT2D eigenvalue weighted by Crippen LogP contribution is -2.23. The van der Waals surface area contributed by atoms with E-state index < -0.39 is 0 Å². The zero-order chi connectivity index (χ0) is 22.0. The summed E-state index contributed by atoms with van der Waals surface area (Å²) in [6.45, 7) is 8.86. The Kier molecular flexibility index (Phi) is 5.84. The molecule has 3 aromatic carbocycles. The number of hydrogen-bond donors (Lipinski definition) is 1. The van der Waals surface area contributed by atoms with Crippen molar-refractivity contribution in [3.63, 3.8) is 0 Å². The minimum Gasteiger partial charge on any atom is -0.324 e. The average Bonchev–Trinajstić information content (AvgIpc) is 2.76. The van der Waals surface area contributed by atoms with Crippen LogP contribution in [0.15, 0.2) is 96.7 Å². The van der Waals surface area contributed by atoms with Gasteiger partial charge in [0.1, 0.15) is 0 Å². The Hall–Kier alpha value is -3.10. The molecule has 0 saturated heterocycles. The van der Waals surface area contributed by atoms with Crippen molar-refractivity contribution in [2.75, 3.05) is 4.90 Å². The molecule has 0 bridgehead atoms. The molecule has 0 saturated carbocycles. The number of benzene rings is 3. The fraction of sp³-hybridized carbons (Fsp3) is 0.241. The maximum atomic E-state index is 6.09. The Morgan fingerprint density at radius 3 is 1.77 bits per heavy atom. The fourth-order valence-corrected chi connectivity index (χ4v) is 3.90. The van der Waals surface area contributed by atoms with Gasteiger partial charge in [-0.15, -0.1) is 0 Å². The molecule has 1 aliphatic rings. The van der Waals surface area contributed by atoms with Gasteiger partial charge < -0.3 is 10.6 Å². The van der Waals surface area contributed by atoms with Crippen molar-refractivity contribution < 1.29 is 0 Å². The van der Waals surface area contributed by atoms with E-state index in [1.165, 1.54) is 22.3 Å². The van der Waals surface area contributed by atoms with E-state index in [4.69, 9.17) is 5.73 Å². The van der Waals surface area contributed by atoms with E-state index in [1.807, 2.05) is 0 Å². The molecule has 2 nitrogen and oxygen atoms in total. The first-order valence-corrected chi connectivity index (χ1v) is 11.0. The van der Waals surface area contributed by atoms with Crippen molar-refractivity contribution in [1.82, 2.24) is 0 Å². The van der Waals surface area contributed by atoms with Gasteiger partial charge in [-0.3, -0.25) is 0 Å². The molecule has 0 fully saturated rings. The molecule has 158 valence electrons. The molecule has 4 rings (SSSR count). The molecule has 0 amide bonds. The van der Waals surface area contributed by atoms with Crippen molar-refractivity contribution >= 4 is 11.4 Å². The number of anilines is 2. The van der Waals surface area contributed by atoms with Crippen LogP contribution in [0.1, 0.15) is 38.3 Å². The molecule has 0 spiro atoms. The minimum absolute atomic E-state index is 0.0952. The largest absolute Gasteiger partial charge is 0.324 e. The second-order valence-corrected chi connectivity index (χ2v) is 9.43. The molecule has 0 aliphatic heterocycles. The molecule has 0 radical (unpaired) electrons. The van der Waals surface area contributed by atoms with Crippen LogP contribution in [0.4, 0.5) is 11.4 Å². The second-order valence-electron chi connectivity index (χ2n) is 9.43. The zero-order valence-electron chi connectivity index (χ0n) is 19.0. The van der Waals surface area contributed by atoms with Crippen molar-refractivity contribution in [2.45, 2.75) is 45.6 Å². The molecule has 1 unspecified atom stereocenters. The van der Waals surface area contributed by atoms with Gasteiger partial charge in [0, 0.05) is 23.1 Å². The maximum absolute atomic E-state index is 6.09. The molecule has 2 heteroatoms. The monoisotopic (exact) mass is 408 g/mol. The van der Waals surface area contributed by atoms with E-state index in [1.54, 1.807) is 0 Å². The Bertz CT molecular complexity index is 1080. The summed E-state index contributed by atoms with van der Waals surface area (Å²) in [5.41, 5.74) is 14.8. The molecule has 3 aromatic rings. The van der Waals surface area contributed by atoms with Crippen LogP contribution >= 0.6 is 0 Å². The minimum atomic E-state index is 0.0952. The van der Waals surface area contributed by atoms with Gasteiger partial charge in [0.05, 0.1) is 0 Å². The average molecular weight is 409 g/mol. The summed E-state index contributed by atoms with van der Waals surface area (Å²) in [4.78, 5) is 2.31. The molecule has 2 N–H and O–H groups in total. The highest BCUT2D eigenvalue weighted by atomic mass is 15.1. The van der Waals surface area contributed by atoms with Crippen LogP contribution in [0.2, 0.25) is 0 Å². The summed E-state index contributed by atoms with van der Waals surface area (Å²) >= 11 is 0. The number of allylic oxidation sites excluding steroid dienone is 1. The van der Waals surface area contributed by atoms with Crippen LogP contribution in [0, 0.1) is 6.92 Å². The van der Waals surface area contributed by atoms with Crippen molar-refractivity contribution in [1.29, 1.82) is 0 Å². The lowest BCUT2D eigenvalue weighted by molar-refractivity contribution is 0.590. The first-order chi connectivity index (χ1) is 14.8.